The van der Waals surface area contributed by atoms with E-state index in [-0.39, 0.29) is 18.5 Å². The van der Waals surface area contributed by atoms with Gasteiger partial charge in [-0.3, -0.25) is 19.5 Å². The number of amides is 3. The number of hydrogen-bond acceptors (Lipinski definition) is 5. The van der Waals surface area contributed by atoms with Crippen molar-refractivity contribution in [2.45, 2.75) is 19.5 Å². The van der Waals surface area contributed by atoms with E-state index in [1.165, 1.54) is 9.80 Å². The second-order valence-electron chi connectivity index (χ2n) is 8.56. The monoisotopic (exact) mass is 449 g/mol. The summed E-state index contributed by atoms with van der Waals surface area (Å²) in [5.74, 6) is 0.961. The highest BCUT2D eigenvalue weighted by atomic mass is 16.5. The van der Waals surface area contributed by atoms with Crippen LogP contribution in [-0.2, 0) is 16.1 Å². The minimum atomic E-state index is -0.615. The molecule has 1 aromatic carbocycles. The summed E-state index contributed by atoms with van der Waals surface area (Å²) in [6.45, 7) is 7.28. The van der Waals surface area contributed by atoms with E-state index in [1.807, 2.05) is 60.2 Å². The molecule has 1 unspecified atom stereocenters. The van der Waals surface area contributed by atoms with Gasteiger partial charge in [0.2, 0.25) is 11.9 Å². The van der Waals surface area contributed by atoms with Crippen LogP contribution in [0, 0.1) is 6.92 Å². The normalized spacial score (nSPS) is 21.0. The zero-order chi connectivity index (χ0) is 22.9. The Bertz CT molecular complexity index is 1120. The molecule has 1 aromatic heterocycles. The van der Waals surface area contributed by atoms with Crippen LogP contribution in [0.5, 0.6) is 0 Å². The predicted molar refractivity (Wildman–Crippen MR) is 123 cm³/mol. The summed E-state index contributed by atoms with van der Waals surface area (Å²) in [4.78, 5) is 36.3. The molecule has 0 aliphatic carbocycles. The number of carbonyl (C=O) groups is 2. The van der Waals surface area contributed by atoms with Crippen LogP contribution < -0.4 is 4.57 Å². The van der Waals surface area contributed by atoms with Crippen molar-refractivity contribution < 1.29 is 18.9 Å². The molecule has 2 aromatic rings. The fourth-order valence-electron chi connectivity index (χ4n) is 4.60. The highest BCUT2D eigenvalue weighted by Crippen LogP contribution is 2.29. The van der Waals surface area contributed by atoms with Crippen LogP contribution in [0.25, 0.3) is 6.08 Å². The molecule has 0 N–H and O–H groups in total. The number of rotatable bonds is 6. The highest BCUT2D eigenvalue weighted by Gasteiger charge is 2.52. The number of imide groups is 1. The van der Waals surface area contributed by atoms with E-state index < -0.39 is 6.04 Å². The lowest BCUT2D eigenvalue weighted by Crippen LogP contribution is -2.62. The minimum absolute atomic E-state index is 0.216. The molecule has 1 atom stereocenters. The molecule has 9 nitrogen and oxygen atoms in total. The van der Waals surface area contributed by atoms with Crippen LogP contribution in [0.2, 0.25) is 0 Å². The molecular formula is C24H29N6O3+. The van der Waals surface area contributed by atoms with Gasteiger partial charge < -0.3 is 4.74 Å². The van der Waals surface area contributed by atoms with Crippen LogP contribution in [0.3, 0.4) is 0 Å². The standard InChI is InChI=1S/C24H29N6O3/c1-18-17-30-20-21(25-23(30)28(18)12-11-27-13-15-33-16-14-27)26(2)24(32)29(22(20)31)10-6-9-19-7-4-3-5-8-19/h3-9,17,20H,10-16H2,1-2H3/q+1/b9-6+. The fraction of sp³-hybridized carbons (Fsp3) is 0.417. The van der Waals surface area contributed by atoms with E-state index >= 15 is 0 Å². The first kappa shape index (κ1) is 21.5. The lowest BCUT2D eigenvalue weighted by molar-refractivity contribution is -0.677. The summed E-state index contributed by atoms with van der Waals surface area (Å²) in [6, 6.07) is 8.86. The van der Waals surface area contributed by atoms with Gasteiger partial charge in [0.15, 0.2) is 0 Å². The van der Waals surface area contributed by atoms with Crippen molar-refractivity contribution in [1.82, 2.24) is 19.3 Å². The van der Waals surface area contributed by atoms with Crippen LogP contribution >= 0.6 is 0 Å². The van der Waals surface area contributed by atoms with Crippen molar-refractivity contribution in [3.8, 4) is 0 Å². The van der Waals surface area contributed by atoms with Crippen molar-refractivity contribution in [2.75, 3.05) is 46.4 Å². The number of benzene rings is 1. The first-order valence-corrected chi connectivity index (χ1v) is 11.3. The number of ether oxygens (including phenoxy) is 1. The highest BCUT2D eigenvalue weighted by molar-refractivity contribution is 6.19. The van der Waals surface area contributed by atoms with E-state index in [4.69, 9.17) is 9.73 Å². The predicted octanol–water partition coefficient (Wildman–Crippen LogP) is 1.61. The summed E-state index contributed by atoms with van der Waals surface area (Å²) in [7, 11) is 1.69. The van der Waals surface area contributed by atoms with Crippen molar-refractivity contribution in [1.29, 1.82) is 0 Å². The smallest absolute Gasteiger partial charge is 0.379 e. The van der Waals surface area contributed by atoms with Gasteiger partial charge in [0.1, 0.15) is 11.9 Å². The maximum Gasteiger partial charge on any atom is 0.401 e. The summed E-state index contributed by atoms with van der Waals surface area (Å²) in [5.41, 5.74) is 2.07. The van der Waals surface area contributed by atoms with E-state index in [0.717, 1.165) is 56.6 Å². The van der Waals surface area contributed by atoms with Gasteiger partial charge in [0.25, 0.3) is 5.91 Å². The van der Waals surface area contributed by atoms with E-state index in [9.17, 15) is 9.59 Å². The average Bonchev–Trinajstić information content (AvgIpc) is 3.34. The quantitative estimate of drug-likeness (QED) is 0.628. The zero-order valence-corrected chi connectivity index (χ0v) is 19.1. The van der Waals surface area contributed by atoms with Crippen LogP contribution in [0.1, 0.15) is 17.3 Å². The molecular weight excluding hydrogens is 420 g/mol. The SMILES string of the molecule is Cc1c[n+]2c(n1CCN1CCOCC1)N=C1C2C(=O)N(C/C=C/c2ccccc2)C(=O)N1C. The molecule has 172 valence electrons. The molecule has 3 aliphatic heterocycles. The molecule has 2 saturated heterocycles. The Morgan fingerprint density at radius 3 is 2.67 bits per heavy atom. The van der Waals surface area contributed by atoms with E-state index in [2.05, 4.69) is 9.47 Å². The van der Waals surface area contributed by atoms with Gasteiger partial charge in [-0.25, -0.2) is 13.9 Å². The number of urea groups is 1. The number of imidazole rings is 1. The van der Waals surface area contributed by atoms with E-state index in [1.54, 1.807) is 7.05 Å². The number of nitrogens with zero attached hydrogens (tertiary/aromatic N) is 6. The first-order chi connectivity index (χ1) is 16.0. The Kier molecular flexibility index (Phi) is 5.82. The Labute approximate surface area is 193 Å². The first-order valence-electron chi connectivity index (χ1n) is 11.3. The number of hydrogen-bond donors (Lipinski definition) is 0. The molecule has 3 aliphatic rings. The molecule has 9 heteroatoms. The summed E-state index contributed by atoms with van der Waals surface area (Å²) < 4.78 is 9.47. The summed E-state index contributed by atoms with van der Waals surface area (Å²) in [5, 5.41) is 0. The molecule has 33 heavy (non-hydrogen) atoms. The van der Waals surface area contributed by atoms with Gasteiger partial charge in [-0.05, 0) is 12.5 Å². The number of fused-ring (bicyclic) bond motifs is 3. The molecule has 4 heterocycles. The average molecular weight is 450 g/mol. The third-order valence-corrected chi connectivity index (χ3v) is 6.46. The topological polar surface area (TPSA) is 74.3 Å². The maximum atomic E-state index is 13.4. The van der Waals surface area contributed by atoms with Crippen LogP contribution in [-0.4, -0.2) is 83.5 Å². The minimum Gasteiger partial charge on any atom is -0.379 e. The molecule has 5 rings (SSSR count). The Morgan fingerprint density at radius 1 is 1.15 bits per heavy atom. The number of likely N-dealkylation sites (N-methyl/N-ethyl adjacent to an activating group) is 1. The van der Waals surface area contributed by atoms with Gasteiger partial charge in [0.05, 0.1) is 19.8 Å². The Hall–Kier alpha value is -3.30. The second-order valence-corrected chi connectivity index (χ2v) is 8.56. The molecule has 0 saturated carbocycles. The maximum absolute atomic E-state index is 13.4. The third kappa shape index (κ3) is 3.98. The van der Waals surface area contributed by atoms with Gasteiger partial charge in [-0.1, -0.05) is 47.5 Å². The van der Waals surface area contributed by atoms with Crippen molar-refractivity contribution >= 4 is 29.8 Å². The van der Waals surface area contributed by atoms with Gasteiger partial charge in [0, 0.05) is 33.2 Å². The second kappa shape index (κ2) is 8.92. The van der Waals surface area contributed by atoms with E-state index in [0.29, 0.717) is 5.84 Å². The third-order valence-electron chi connectivity index (χ3n) is 6.46. The number of aryl methyl sites for hydroxylation is 1. The fourth-order valence-corrected chi connectivity index (χ4v) is 4.60. The van der Waals surface area contributed by atoms with Gasteiger partial charge >= 0.3 is 12.0 Å². The Balaban J connectivity index is 1.36. The van der Waals surface area contributed by atoms with Crippen molar-refractivity contribution in [3.05, 3.63) is 53.9 Å². The lowest BCUT2D eigenvalue weighted by Gasteiger charge is -2.32. The van der Waals surface area contributed by atoms with Crippen molar-refractivity contribution in [2.24, 2.45) is 4.99 Å². The number of amidine groups is 1. The lowest BCUT2D eigenvalue weighted by atomic mass is 10.1. The van der Waals surface area contributed by atoms with Gasteiger partial charge in [-0.15, -0.1) is 0 Å². The molecule has 0 spiro atoms. The number of aromatic nitrogens is 2. The number of morpholine rings is 1. The van der Waals surface area contributed by atoms with Gasteiger partial charge in [-0.2, -0.15) is 0 Å². The van der Waals surface area contributed by atoms with Crippen molar-refractivity contribution in [3.63, 3.8) is 0 Å². The molecule has 3 amide bonds. The number of carbonyl (C=O) groups excluding carboxylic acids is 2. The summed E-state index contributed by atoms with van der Waals surface area (Å²) in [6.07, 6.45) is 5.74. The number of aliphatic imine (C=N–C) groups is 1. The van der Waals surface area contributed by atoms with Crippen LogP contribution in [0.4, 0.5) is 10.7 Å². The van der Waals surface area contributed by atoms with Crippen LogP contribution in [0.15, 0.2) is 47.6 Å². The summed E-state index contributed by atoms with van der Waals surface area (Å²) >= 11 is 0. The largest absolute Gasteiger partial charge is 0.401 e. The molecule has 0 radical (unpaired) electrons. The molecule has 2 fully saturated rings. The zero-order valence-electron chi connectivity index (χ0n) is 19.1. The molecule has 0 bridgehead atoms. The Morgan fingerprint density at radius 2 is 1.91 bits per heavy atom.